The average molecular weight is 212 g/mol. The number of aliphatic carboxylic acids is 1. The molecule has 0 rings (SSSR count). The highest BCUT2D eigenvalue weighted by Crippen LogP contribution is 2.14. The number of carboxylic acid groups (broad SMARTS) is 1. The van der Waals surface area contributed by atoms with Gasteiger partial charge in [-0.1, -0.05) is 52.0 Å². The number of hydrogen-bond donors (Lipinski definition) is 1. The van der Waals surface area contributed by atoms with Gasteiger partial charge >= 0.3 is 5.97 Å². The number of allylic oxidation sites excluding steroid dienone is 1. The molecule has 88 valence electrons. The molecule has 0 heterocycles. The van der Waals surface area contributed by atoms with Crippen molar-refractivity contribution in [2.24, 2.45) is 5.92 Å². The van der Waals surface area contributed by atoms with Gasteiger partial charge in [0.05, 0.1) is 0 Å². The van der Waals surface area contributed by atoms with Crippen LogP contribution in [0.3, 0.4) is 0 Å². The fraction of sp³-hybridized carbons (Fsp3) is 0.769. The van der Waals surface area contributed by atoms with Crippen molar-refractivity contribution in [1.29, 1.82) is 0 Å². The van der Waals surface area contributed by atoms with Crippen molar-refractivity contribution in [3.05, 3.63) is 11.6 Å². The number of unbranched alkanes of at least 4 members (excludes halogenated alkanes) is 4. The summed E-state index contributed by atoms with van der Waals surface area (Å²) in [7, 11) is 0. The fourth-order valence-electron chi connectivity index (χ4n) is 1.65. The molecule has 0 amide bonds. The molecule has 1 unspecified atom stereocenters. The molecule has 0 aromatic rings. The number of carbonyl (C=O) groups is 1. The molecule has 0 radical (unpaired) electrons. The second kappa shape index (κ2) is 8.51. The SMILES string of the molecule is CCCCCCCC(C)C=C(C)C(=O)O. The summed E-state index contributed by atoms with van der Waals surface area (Å²) in [6.45, 7) is 5.96. The summed E-state index contributed by atoms with van der Waals surface area (Å²) in [4.78, 5) is 10.6. The number of hydrogen-bond acceptors (Lipinski definition) is 1. The lowest BCUT2D eigenvalue weighted by Gasteiger charge is -2.06. The van der Waals surface area contributed by atoms with E-state index in [9.17, 15) is 4.79 Å². The van der Waals surface area contributed by atoms with Crippen molar-refractivity contribution in [2.75, 3.05) is 0 Å². The first-order valence-electron chi connectivity index (χ1n) is 5.99. The minimum Gasteiger partial charge on any atom is -0.478 e. The molecule has 2 heteroatoms. The maximum absolute atomic E-state index is 10.6. The van der Waals surface area contributed by atoms with Crippen LogP contribution in [0.1, 0.15) is 59.3 Å². The zero-order valence-corrected chi connectivity index (χ0v) is 10.3. The van der Waals surface area contributed by atoms with Crippen molar-refractivity contribution in [3.8, 4) is 0 Å². The van der Waals surface area contributed by atoms with Gasteiger partial charge in [0.15, 0.2) is 0 Å². The molecule has 0 spiro atoms. The molecule has 0 aliphatic carbocycles. The van der Waals surface area contributed by atoms with E-state index >= 15 is 0 Å². The Morgan fingerprint density at radius 3 is 2.40 bits per heavy atom. The van der Waals surface area contributed by atoms with Crippen molar-refractivity contribution in [1.82, 2.24) is 0 Å². The quantitative estimate of drug-likeness (QED) is 0.487. The van der Waals surface area contributed by atoms with Crippen LogP contribution in [-0.4, -0.2) is 11.1 Å². The van der Waals surface area contributed by atoms with E-state index in [1.807, 2.05) is 6.08 Å². The average Bonchev–Trinajstić information content (AvgIpc) is 2.17. The van der Waals surface area contributed by atoms with Crippen LogP contribution >= 0.6 is 0 Å². The summed E-state index contributed by atoms with van der Waals surface area (Å²) in [6.07, 6.45) is 9.36. The van der Waals surface area contributed by atoms with E-state index in [2.05, 4.69) is 13.8 Å². The van der Waals surface area contributed by atoms with Crippen LogP contribution in [-0.2, 0) is 4.79 Å². The maximum Gasteiger partial charge on any atom is 0.330 e. The van der Waals surface area contributed by atoms with Gasteiger partial charge in [-0.2, -0.15) is 0 Å². The molecule has 2 nitrogen and oxygen atoms in total. The zero-order valence-electron chi connectivity index (χ0n) is 10.3. The van der Waals surface area contributed by atoms with E-state index in [0.29, 0.717) is 11.5 Å². The largest absolute Gasteiger partial charge is 0.478 e. The van der Waals surface area contributed by atoms with Crippen molar-refractivity contribution in [3.63, 3.8) is 0 Å². The van der Waals surface area contributed by atoms with E-state index in [-0.39, 0.29) is 0 Å². The third-order valence-electron chi connectivity index (χ3n) is 2.63. The van der Waals surface area contributed by atoms with Gasteiger partial charge in [-0.25, -0.2) is 4.79 Å². The van der Waals surface area contributed by atoms with Gasteiger partial charge in [0.2, 0.25) is 0 Å². The van der Waals surface area contributed by atoms with E-state index in [0.717, 1.165) is 6.42 Å². The Balaban J connectivity index is 3.61. The second-order valence-corrected chi connectivity index (χ2v) is 4.34. The first-order chi connectivity index (χ1) is 7.07. The third kappa shape index (κ3) is 8.22. The highest BCUT2D eigenvalue weighted by Gasteiger charge is 2.03. The Bertz CT molecular complexity index is 207. The van der Waals surface area contributed by atoms with Crippen LogP contribution in [0, 0.1) is 5.92 Å². The zero-order chi connectivity index (χ0) is 11.7. The molecule has 1 N–H and O–H groups in total. The van der Waals surface area contributed by atoms with Crippen LogP contribution < -0.4 is 0 Å². The molecule has 0 aromatic heterocycles. The minimum absolute atomic E-state index is 0.391. The molecular weight excluding hydrogens is 188 g/mol. The van der Waals surface area contributed by atoms with Gasteiger partial charge in [-0.15, -0.1) is 0 Å². The number of rotatable bonds is 8. The van der Waals surface area contributed by atoms with E-state index < -0.39 is 5.97 Å². The molecule has 1 atom stereocenters. The summed E-state index contributed by atoms with van der Waals surface area (Å²) in [5, 5.41) is 8.70. The van der Waals surface area contributed by atoms with Crippen LogP contribution in [0.2, 0.25) is 0 Å². The molecule has 0 aliphatic heterocycles. The predicted octanol–water partition coefficient (Wildman–Crippen LogP) is 4.01. The third-order valence-corrected chi connectivity index (χ3v) is 2.63. The van der Waals surface area contributed by atoms with Crippen LogP contribution in [0.25, 0.3) is 0 Å². The normalized spacial score (nSPS) is 13.9. The van der Waals surface area contributed by atoms with Gasteiger partial charge in [-0.3, -0.25) is 0 Å². The second-order valence-electron chi connectivity index (χ2n) is 4.34. The summed E-state index contributed by atoms with van der Waals surface area (Å²) in [5.41, 5.74) is 0.469. The lowest BCUT2D eigenvalue weighted by Crippen LogP contribution is -1.99. The van der Waals surface area contributed by atoms with Crippen molar-refractivity contribution >= 4 is 5.97 Å². The smallest absolute Gasteiger partial charge is 0.330 e. The van der Waals surface area contributed by atoms with Gasteiger partial charge in [0.1, 0.15) is 0 Å². The lowest BCUT2D eigenvalue weighted by atomic mass is 10.00. The Morgan fingerprint density at radius 2 is 1.87 bits per heavy atom. The fourth-order valence-corrected chi connectivity index (χ4v) is 1.65. The Morgan fingerprint density at radius 1 is 1.27 bits per heavy atom. The van der Waals surface area contributed by atoms with Gasteiger partial charge < -0.3 is 5.11 Å². The maximum atomic E-state index is 10.6. The molecule has 0 aromatic carbocycles. The van der Waals surface area contributed by atoms with Gasteiger partial charge in [0, 0.05) is 5.57 Å². The molecule has 0 saturated heterocycles. The van der Waals surface area contributed by atoms with Gasteiger partial charge in [0.25, 0.3) is 0 Å². The van der Waals surface area contributed by atoms with Crippen LogP contribution in [0.15, 0.2) is 11.6 Å². The molecular formula is C13H24O2. The highest BCUT2D eigenvalue weighted by atomic mass is 16.4. The Kier molecular flexibility index (Phi) is 8.06. The van der Waals surface area contributed by atoms with Crippen LogP contribution in [0.5, 0.6) is 0 Å². The predicted molar refractivity (Wildman–Crippen MR) is 63.9 cm³/mol. The molecule has 0 bridgehead atoms. The summed E-state index contributed by atoms with van der Waals surface area (Å²) in [6, 6.07) is 0. The van der Waals surface area contributed by atoms with E-state index in [1.54, 1.807) is 6.92 Å². The van der Waals surface area contributed by atoms with Gasteiger partial charge in [-0.05, 0) is 19.3 Å². The Labute approximate surface area is 93.4 Å². The van der Waals surface area contributed by atoms with E-state index in [4.69, 9.17) is 5.11 Å². The Hall–Kier alpha value is -0.790. The molecule has 0 aliphatic rings. The van der Waals surface area contributed by atoms with Crippen molar-refractivity contribution < 1.29 is 9.90 Å². The first kappa shape index (κ1) is 14.2. The summed E-state index contributed by atoms with van der Waals surface area (Å²) >= 11 is 0. The topological polar surface area (TPSA) is 37.3 Å². The summed E-state index contributed by atoms with van der Waals surface area (Å²) < 4.78 is 0. The summed E-state index contributed by atoms with van der Waals surface area (Å²) in [5.74, 6) is -0.407. The first-order valence-corrected chi connectivity index (χ1v) is 5.99. The van der Waals surface area contributed by atoms with E-state index in [1.165, 1.54) is 32.1 Å². The molecule has 15 heavy (non-hydrogen) atoms. The van der Waals surface area contributed by atoms with Crippen LogP contribution in [0.4, 0.5) is 0 Å². The lowest BCUT2D eigenvalue weighted by molar-refractivity contribution is -0.132. The standard InChI is InChI=1S/C13H24O2/c1-4-5-6-7-8-9-11(2)10-12(3)13(14)15/h10-11H,4-9H2,1-3H3,(H,14,15). The molecule has 0 fully saturated rings. The molecule has 0 saturated carbocycles. The highest BCUT2D eigenvalue weighted by molar-refractivity contribution is 5.85. The monoisotopic (exact) mass is 212 g/mol. The number of carboxylic acids is 1. The van der Waals surface area contributed by atoms with Crippen molar-refractivity contribution in [2.45, 2.75) is 59.3 Å². The minimum atomic E-state index is -0.798.